The van der Waals surface area contributed by atoms with Crippen LogP contribution in [0.1, 0.15) is 24.2 Å². The minimum absolute atomic E-state index is 0.0105. The number of anilines is 1. The van der Waals surface area contributed by atoms with Crippen molar-refractivity contribution in [1.82, 2.24) is 19.6 Å². The maximum atomic E-state index is 14.1. The first-order chi connectivity index (χ1) is 16.0. The van der Waals surface area contributed by atoms with Gasteiger partial charge in [-0.3, -0.25) is 0 Å². The Morgan fingerprint density at radius 1 is 0.943 bits per heavy atom. The molecule has 3 heterocycles. The van der Waals surface area contributed by atoms with Crippen molar-refractivity contribution < 1.29 is 37.7 Å². The molecule has 4 rings (SSSR count). The second kappa shape index (κ2) is 7.70. The van der Waals surface area contributed by atoms with Gasteiger partial charge >= 0.3 is 16.4 Å². The van der Waals surface area contributed by atoms with Crippen molar-refractivity contribution in [2.24, 2.45) is 0 Å². The molecule has 0 radical (unpaired) electrons. The molecule has 1 N–H and O–H groups in total. The maximum Gasteiger partial charge on any atom is 0.398 e. The van der Waals surface area contributed by atoms with Crippen LogP contribution in [0.2, 0.25) is 0 Å². The zero-order valence-electron chi connectivity index (χ0n) is 17.5. The Labute approximate surface area is 197 Å². The molecule has 6 nitrogen and oxygen atoms in total. The number of aromatic nitrogens is 4. The fourth-order valence-corrected chi connectivity index (χ4v) is 5.20. The normalized spacial score (nSPS) is 18.7. The fourth-order valence-electron chi connectivity index (χ4n) is 3.91. The van der Waals surface area contributed by atoms with Crippen LogP contribution >= 0.6 is 21.8 Å². The third-order valence-corrected chi connectivity index (χ3v) is 7.75. The average molecular weight is 547 g/mol. The monoisotopic (exact) mass is 547 g/mol. The van der Waals surface area contributed by atoms with Gasteiger partial charge in [0.25, 0.3) is 0 Å². The van der Waals surface area contributed by atoms with E-state index in [1.165, 1.54) is 6.07 Å². The van der Waals surface area contributed by atoms with Crippen LogP contribution in [0.4, 0.5) is 38.4 Å². The summed E-state index contributed by atoms with van der Waals surface area (Å²) in [5, 5.41) is 17.5. The summed E-state index contributed by atoms with van der Waals surface area (Å²) in [4.78, 5) is 3.36. The van der Waals surface area contributed by atoms with Crippen molar-refractivity contribution >= 4 is 27.6 Å². The molecule has 1 aliphatic heterocycles. The smallest absolute Gasteiger partial charge is 0.388 e. The van der Waals surface area contributed by atoms with Crippen LogP contribution in [-0.2, 0) is 12.0 Å². The molecule has 0 spiro atoms. The van der Waals surface area contributed by atoms with Gasteiger partial charge in [-0.2, -0.15) is 17.5 Å². The maximum absolute atomic E-state index is 14.1. The quantitative estimate of drug-likeness (QED) is 0.381. The van der Waals surface area contributed by atoms with Crippen molar-refractivity contribution in [2.45, 2.75) is 35.9 Å². The highest BCUT2D eigenvalue weighted by atomic mass is 32.5. The van der Waals surface area contributed by atoms with Crippen molar-refractivity contribution in [2.75, 3.05) is 18.0 Å². The summed E-state index contributed by atoms with van der Waals surface area (Å²) in [6, 6.07) is 4.06. The predicted octanol–water partition coefficient (Wildman–Crippen LogP) is 6.25. The van der Waals surface area contributed by atoms with Crippen molar-refractivity contribution in [3.63, 3.8) is 0 Å². The second-order valence-electron chi connectivity index (χ2n) is 8.01. The molecule has 1 aliphatic rings. The van der Waals surface area contributed by atoms with E-state index in [4.69, 9.17) is 5.11 Å². The van der Waals surface area contributed by atoms with E-state index in [0.717, 1.165) is 11.5 Å². The molecule has 0 aliphatic carbocycles. The largest absolute Gasteiger partial charge is 0.398 e. The van der Waals surface area contributed by atoms with E-state index in [2.05, 4.69) is 19.6 Å². The van der Waals surface area contributed by atoms with Gasteiger partial charge in [-0.05, 0) is 54.2 Å². The lowest BCUT2D eigenvalue weighted by molar-refractivity contribution is -0.196. The summed E-state index contributed by atoms with van der Waals surface area (Å²) in [6.07, 6.45) is -5.87. The van der Waals surface area contributed by atoms with Gasteiger partial charge < -0.3 is 10.0 Å². The van der Waals surface area contributed by atoms with Gasteiger partial charge in [0.15, 0.2) is 16.6 Å². The molecule has 1 fully saturated rings. The van der Waals surface area contributed by atoms with Crippen LogP contribution in [-0.4, -0.2) is 43.9 Å². The average Bonchev–Trinajstić information content (AvgIpc) is 3.27. The van der Waals surface area contributed by atoms with Gasteiger partial charge in [-0.15, -0.1) is 10.2 Å². The van der Waals surface area contributed by atoms with E-state index in [0.29, 0.717) is 22.8 Å². The van der Waals surface area contributed by atoms with Crippen LogP contribution in [0, 0.1) is 0 Å². The SMILES string of the molecule is OCc1nsc(-c2ccc(N3CCC(c4ccc(S(F)(F)(F)(F)F)cc4)(C(F)(F)F)CC3)nn2)n1. The van der Waals surface area contributed by atoms with Crippen LogP contribution < -0.4 is 4.90 Å². The fraction of sp³-hybridized carbons (Fsp3) is 0.368. The van der Waals surface area contributed by atoms with E-state index in [9.17, 15) is 32.6 Å². The van der Waals surface area contributed by atoms with E-state index < -0.39 is 45.1 Å². The lowest BCUT2D eigenvalue weighted by Gasteiger charge is -2.44. The van der Waals surface area contributed by atoms with Gasteiger partial charge in [-0.1, -0.05) is 31.6 Å². The lowest BCUT2D eigenvalue weighted by Crippen LogP contribution is -2.51. The minimum Gasteiger partial charge on any atom is -0.388 e. The number of hydrogen-bond acceptors (Lipinski definition) is 7. The molecule has 0 atom stereocenters. The van der Waals surface area contributed by atoms with Crippen LogP contribution in [0.3, 0.4) is 0 Å². The first-order valence-corrected chi connectivity index (χ1v) is 12.7. The Bertz CT molecular complexity index is 1210. The zero-order chi connectivity index (χ0) is 25.8. The van der Waals surface area contributed by atoms with E-state index in [1.807, 2.05) is 0 Å². The number of hydrogen-bond donors (Lipinski definition) is 1. The van der Waals surface area contributed by atoms with Gasteiger partial charge in [0, 0.05) is 13.1 Å². The number of aliphatic hydroxyl groups is 1. The van der Waals surface area contributed by atoms with Crippen LogP contribution in [0.25, 0.3) is 10.7 Å². The number of benzene rings is 1. The second-order valence-corrected chi connectivity index (χ2v) is 11.2. The summed E-state index contributed by atoms with van der Waals surface area (Å²) in [6.45, 7) is -0.645. The standard InChI is InChI=1S/C19H17F8N5OS2/c20-19(21,22)18(12-1-3-13(4-2-12)35(23,24,25,26)27)7-9-32(10-8-18)16-6-5-14(29-30-16)17-28-15(11-33)31-34-17/h1-6,33H,7-11H2. The third-order valence-electron chi connectivity index (χ3n) is 5.82. The molecule has 192 valence electrons. The van der Waals surface area contributed by atoms with Crippen LogP contribution in [0.5, 0.6) is 0 Å². The number of nitrogens with zero attached hydrogens (tertiary/aromatic N) is 5. The zero-order valence-corrected chi connectivity index (χ0v) is 19.2. The van der Waals surface area contributed by atoms with Gasteiger partial charge in [0.1, 0.15) is 17.2 Å². The number of piperidine rings is 1. The summed E-state index contributed by atoms with van der Waals surface area (Å²) in [5.41, 5.74) is -2.65. The van der Waals surface area contributed by atoms with Crippen molar-refractivity contribution in [3.8, 4) is 10.7 Å². The molecule has 0 saturated carbocycles. The molecule has 1 aromatic carbocycles. The number of rotatable bonds is 5. The molecule has 1 saturated heterocycles. The van der Waals surface area contributed by atoms with Gasteiger partial charge in [0.05, 0.1) is 5.41 Å². The Kier molecular flexibility index (Phi) is 5.61. The Morgan fingerprint density at radius 3 is 2.03 bits per heavy atom. The Morgan fingerprint density at radius 2 is 1.57 bits per heavy atom. The summed E-state index contributed by atoms with van der Waals surface area (Å²) >= 11 is 0.993. The minimum atomic E-state index is -10.0. The Balaban J connectivity index is 1.55. The highest BCUT2D eigenvalue weighted by Gasteiger charge is 2.65. The van der Waals surface area contributed by atoms with Crippen molar-refractivity contribution in [3.05, 3.63) is 47.8 Å². The molecule has 16 heteroatoms. The first-order valence-electron chi connectivity index (χ1n) is 9.96. The third kappa shape index (κ3) is 5.04. The molecule has 0 unspecified atom stereocenters. The molecular formula is C19H17F8N5OS2. The number of alkyl halides is 3. The molecular weight excluding hydrogens is 530 g/mol. The number of aliphatic hydroxyl groups excluding tert-OH is 1. The predicted molar refractivity (Wildman–Crippen MR) is 114 cm³/mol. The summed E-state index contributed by atoms with van der Waals surface area (Å²) < 4.78 is 111. The molecule has 35 heavy (non-hydrogen) atoms. The molecule has 2 aromatic heterocycles. The number of halogens is 8. The first kappa shape index (κ1) is 25.5. The van der Waals surface area contributed by atoms with Crippen molar-refractivity contribution in [1.29, 1.82) is 0 Å². The molecule has 3 aromatic rings. The molecule has 0 amide bonds. The van der Waals surface area contributed by atoms with Gasteiger partial charge in [0.2, 0.25) is 0 Å². The topological polar surface area (TPSA) is 75.0 Å². The summed E-state index contributed by atoms with van der Waals surface area (Å²) in [5.74, 6) is 0.497. The van der Waals surface area contributed by atoms with E-state index in [-0.39, 0.29) is 43.5 Å². The van der Waals surface area contributed by atoms with E-state index in [1.54, 1.807) is 11.0 Å². The lowest BCUT2D eigenvalue weighted by atomic mass is 9.72. The highest BCUT2D eigenvalue weighted by molar-refractivity contribution is 8.45. The Hall–Kier alpha value is -2.59. The van der Waals surface area contributed by atoms with Gasteiger partial charge in [-0.25, -0.2) is 4.98 Å². The molecule has 0 bridgehead atoms. The van der Waals surface area contributed by atoms with E-state index >= 15 is 0 Å². The highest BCUT2D eigenvalue weighted by Crippen LogP contribution is 3.02. The summed E-state index contributed by atoms with van der Waals surface area (Å²) in [7, 11) is -10.0. The van der Waals surface area contributed by atoms with Crippen LogP contribution in [0.15, 0.2) is 41.3 Å².